The summed E-state index contributed by atoms with van der Waals surface area (Å²) in [6, 6.07) is 0. The second-order valence-corrected chi connectivity index (χ2v) is 4.25. The number of hydrazone groups is 1. The van der Waals surface area contributed by atoms with Crippen molar-refractivity contribution in [2.75, 3.05) is 0 Å². The predicted octanol–water partition coefficient (Wildman–Crippen LogP) is -0.354. The van der Waals surface area contributed by atoms with Gasteiger partial charge < -0.3 is 5.32 Å². The lowest BCUT2D eigenvalue weighted by Crippen LogP contribution is -2.42. The number of amidine groups is 1. The van der Waals surface area contributed by atoms with E-state index in [2.05, 4.69) is 10.4 Å². The van der Waals surface area contributed by atoms with Crippen molar-refractivity contribution < 1.29 is 14.4 Å². The van der Waals surface area contributed by atoms with Gasteiger partial charge in [-0.05, 0) is 20.8 Å². The lowest BCUT2D eigenvalue weighted by atomic mass is 10.1. The van der Waals surface area contributed by atoms with Crippen molar-refractivity contribution in [3.63, 3.8) is 0 Å². The second-order valence-electron chi connectivity index (χ2n) is 4.25. The van der Waals surface area contributed by atoms with Crippen LogP contribution in [0.3, 0.4) is 0 Å². The van der Waals surface area contributed by atoms with Gasteiger partial charge in [-0.3, -0.25) is 14.4 Å². The smallest absolute Gasteiger partial charge is 0.306 e. The van der Waals surface area contributed by atoms with Gasteiger partial charge in [-0.1, -0.05) is 0 Å². The van der Waals surface area contributed by atoms with Gasteiger partial charge in [0.15, 0.2) is 0 Å². The summed E-state index contributed by atoms with van der Waals surface area (Å²) < 4.78 is 0. The van der Waals surface area contributed by atoms with Gasteiger partial charge in [0.25, 0.3) is 5.78 Å². The van der Waals surface area contributed by atoms with Crippen LogP contribution in [0.1, 0.15) is 27.7 Å². The molecule has 0 spiro atoms. The zero-order valence-electron chi connectivity index (χ0n) is 9.12. The Morgan fingerprint density at radius 2 is 1.87 bits per heavy atom. The van der Waals surface area contributed by atoms with Crippen molar-refractivity contribution in [2.45, 2.75) is 33.2 Å². The van der Waals surface area contributed by atoms with E-state index in [9.17, 15) is 14.4 Å². The van der Waals surface area contributed by atoms with Gasteiger partial charge in [0, 0.05) is 6.92 Å². The largest absolute Gasteiger partial charge is 0.319 e. The Kier molecular flexibility index (Phi) is 2.61. The van der Waals surface area contributed by atoms with Crippen molar-refractivity contribution in [3.05, 3.63) is 0 Å². The molecule has 15 heavy (non-hydrogen) atoms. The Hall–Kier alpha value is -1.72. The van der Waals surface area contributed by atoms with Crippen LogP contribution in [-0.4, -0.2) is 34.0 Å². The molecule has 0 aromatic carbocycles. The van der Waals surface area contributed by atoms with E-state index >= 15 is 0 Å². The van der Waals surface area contributed by atoms with Crippen LogP contribution in [0, 0.1) is 0 Å². The molecular formula is C9H13N3O3. The highest BCUT2D eigenvalue weighted by atomic mass is 16.2. The molecule has 1 heterocycles. The van der Waals surface area contributed by atoms with Crippen molar-refractivity contribution >= 4 is 23.4 Å². The highest BCUT2D eigenvalue weighted by Crippen LogP contribution is 2.18. The normalized spacial score (nSPS) is 16.8. The molecule has 1 aliphatic heterocycles. The maximum atomic E-state index is 11.5. The van der Waals surface area contributed by atoms with Gasteiger partial charge in [-0.2, -0.15) is 0 Å². The summed E-state index contributed by atoms with van der Waals surface area (Å²) in [7, 11) is 0. The highest BCUT2D eigenvalue weighted by Gasteiger charge is 2.40. The first-order chi connectivity index (χ1) is 6.73. The Labute approximate surface area is 87.3 Å². The molecule has 6 heteroatoms. The fraction of sp³-hybridized carbons (Fsp3) is 0.556. The van der Waals surface area contributed by atoms with Gasteiger partial charge >= 0.3 is 5.91 Å². The number of nitrogens with zero attached hydrogens (tertiary/aromatic N) is 2. The molecule has 2 amide bonds. The minimum atomic E-state index is -0.778. The third-order valence-corrected chi connectivity index (χ3v) is 1.73. The standard InChI is InChI=1S/C9H13N3O3/c1-5(13)10-7-6(14)8(15)12(11-7)9(2,3)4/h1-4H3,(H,10,11,13). The third-order valence-electron chi connectivity index (χ3n) is 1.73. The van der Waals surface area contributed by atoms with Crippen molar-refractivity contribution in [1.29, 1.82) is 0 Å². The number of amides is 2. The zero-order valence-corrected chi connectivity index (χ0v) is 9.12. The molecule has 1 aliphatic rings. The first-order valence-corrected chi connectivity index (χ1v) is 4.48. The van der Waals surface area contributed by atoms with Crippen LogP contribution in [0.15, 0.2) is 5.10 Å². The number of ketones is 1. The number of hydrogen-bond acceptors (Lipinski definition) is 4. The maximum absolute atomic E-state index is 11.5. The molecule has 82 valence electrons. The van der Waals surface area contributed by atoms with Crippen LogP contribution >= 0.6 is 0 Å². The number of carbonyl (C=O) groups excluding carboxylic acids is 3. The van der Waals surface area contributed by atoms with Crippen LogP contribution < -0.4 is 5.32 Å². The summed E-state index contributed by atoms with van der Waals surface area (Å²) in [6.45, 7) is 6.50. The molecule has 0 saturated carbocycles. The van der Waals surface area contributed by atoms with E-state index in [1.54, 1.807) is 20.8 Å². The van der Waals surface area contributed by atoms with Crippen molar-refractivity contribution in [2.24, 2.45) is 5.10 Å². The molecule has 6 nitrogen and oxygen atoms in total. The van der Waals surface area contributed by atoms with Gasteiger partial charge in [-0.25, -0.2) is 5.01 Å². The number of nitrogens with one attached hydrogen (secondary N) is 1. The average molecular weight is 211 g/mol. The predicted molar refractivity (Wildman–Crippen MR) is 52.9 cm³/mol. The van der Waals surface area contributed by atoms with E-state index < -0.39 is 23.1 Å². The number of hydrogen-bond donors (Lipinski definition) is 1. The van der Waals surface area contributed by atoms with Crippen LogP contribution in [-0.2, 0) is 14.4 Å². The van der Waals surface area contributed by atoms with Gasteiger partial charge in [-0.15, -0.1) is 5.10 Å². The second kappa shape index (κ2) is 3.45. The first-order valence-electron chi connectivity index (χ1n) is 4.48. The molecular weight excluding hydrogens is 198 g/mol. The summed E-state index contributed by atoms with van der Waals surface area (Å²) in [5, 5.41) is 7.07. The number of Topliss-reactive ketones (excluding diaryl/α,β-unsaturated/α-hetero) is 1. The van der Waals surface area contributed by atoms with Crippen LogP contribution in [0.4, 0.5) is 0 Å². The van der Waals surface area contributed by atoms with Gasteiger partial charge in [0.2, 0.25) is 11.7 Å². The van der Waals surface area contributed by atoms with E-state index in [4.69, 9.17) is 0 Å². The van der Waals surface area contributed by atoms with Crippen molar-refractivity contribution in [1.82, 2.24) is 10.3 Å². The molecule has 1 N–H and O–H groups in total. The molecule has 0 aliphatic carbocycles. The summed E-state index contributed by atoms with van der Waals surface area (Å²) in [5.41, 5.74) is -0.576. The summed E-state index contributed by atoms with van der Waals surface area (Å²) in [4.78, 5) is 33.5. The van der Waals surface area contributed by atoms with Gasteiger partial charge in [0.05, 0.1) is 5.54 Å². The fourth-order valence-corrected chi connectivity index (χ4v) is 1.09. The maximum Gasteiger partial charge on any atom is 0.319 e. The average Bonchev–Trinajstić information content (AvgIpc) is 2.30. The highest BCUT2D eigenvalue weighted by molar-refractivity contribution is 6.67. The summed E-state index contributed by atoms with van der Waals surface area (Å²) in [5.74, 6) is -2.13. The Morgan fingerprint density at radius 1 is 1.33 bits per heavy atom. The van der Waals surface area contributed by atoms with E-state index in [0.717, 1.165) is 5.01 Å². The fourth-order valence-electron chi connectivity index (χ4n) is 1.09. The van der Waals surface area contributed by atoms with Gasteiger partial charge in [0.1, 0.15) is 0 Å². The molecule has 0 atom stereocenters. The summed E-state index contributed by atoms with van der Waals surface area (Å²) >= 11 is 0. The molecule has 1 rings (SSSR count). The monoisotopic (exact) mass is 211 g/mol. The van der Waals surface area contributed by atoms with Crippen LogP contribution in [0.2, 0.25) is 0 Å². The first kappa shape index (κ1) is 11.4. The van der Waals surface area contributed by atoms with E-state index in [1.165, 1.54) is 6.92 Å². The lowest BCUT2D eigenvalue weighted by molar-refractivity contribution is -0.142. The minimum absolute atomic E-state index is 0.206. The molecule has 0 unspecified atom stereocenters. The molecule has 0 saturated heterocycles. The Balaban J connectivity index is 2.97. The Bertz CT molecular complexity index is 365. The molecule has 0 fully saturated rings. The topological polar surface area (TPSA) is 78.8 Å². The molecule has 0 aromatic rings. The third kappa shape index (κ3) is 2.20. The molecule has 0 aromatic heterocycles. The molecule has 0 radical (unpaired) electrons. The Morgan fingerprint density at radius 3 is 2.20 bits per heavy atom. The van der Waals surface area contributed by atoms with Crippen LogP contribution in [0.25, 0.3) is 0 Å². The number of carbonyl (C=O) groups is 3. The quantitative estimate of drug-likeness (QED) is 0.556. The van der Waals surface area contributed by atoms with E-state index in [1.807, 2.05) is 0 Å². The van der Waals surface area contributed by atoms with E-state index in [-0.39, 0.29) is 5.84 Å². The SMILES string of the molecule is CC(=O)NC1=NN(C(C)(C)C)C(=O)C1=O. The zero-order chi connectivity index (χ0) is 11.8. The minimum Gasteiger partial charge on any atom is -0.306 e. The van der Waals surface area contributed by atoms with Crippen molar-refractivity contribution in [3.8, 4) is 0 Å². The molecule has 0 bridgehead atoms. The van der Waals surface area contributed by atoms with Crippen LogP contribution in [0.5, 0.6) is 0 Å². The lowest BCUT2D eigenvalue weighted by Gasteiger charge is -2.26. The number of rotatable bonds is 0. The summed E-state index contributed by atoms with van der Waals surface area (Å²) in [6.07, 6.45) is 0. The van der Waals surface area contributed by atoms with E-state index in [0.29, 0.717) is 0 Å².